The zero-order valence-corrected chi connectivity index (χ0v) is 22.8. The normalized spacial score (nSPS) is 13.9. The maximum Gasteiger partial charge on any atom is 0.119 e. The van der Waals surface area contributed by atoms with Crippen LogP contribution in [0.15, 0.2) is 146 Å². The van der Waals surface area contributed by atoms with E-state index in [4.69, 9.17) is 9.97 Å². The van der Waals surface area contributed by atoms with Gasteiger partial charge in [0.05, 0.1) is 22.8 Å². The van der Waals surface area contributed by atoms with Gasteiger partial charge in [0, 0.05) is 11.1 Å². The molecule has 0 amide bonds. The van der Waals surface area contributed by atoms with E-state index in [0.29, 0.717) is 0 Å². The molecular weight excluding hydrogens is 488 g/mol. The molecule has 0 bridgehead atoms. The van der Waals surface area contributed by atoms with Crippen molar-refractivity contribution in [1.29, 1.82) is 0 Å². The van der Waals surface area contributed by atoms with Gasteiger partial charge in [-0.25, -0.2) is 0 Å². The zero-order chi connectivity index (χ0) is 26.2. The largest absolute Gasteiger partial charge is 0.251 e. The molecule has 0 N–H and O–H groups in total. The molecule has 7 rings (SSSR count). The Morgan fingerprint density at radius 1 is 0.436 bits per heavy atom. The van der Waals surface area contributed by atoms with E-state index in [0.717, 1.165) is 33.9 Å². The molecule has 1 aliphatic rings. The van der Waals surface area contributed by atoms with Crippen LogP contribution in [0, 0.1) is 0 Å². The molecule has 0 atom stereocenters. The number of aromatic nitrogens is 2. The van der Waals surface area contributed by atoms with Gasteiger partial charge in [-0.1, -0.05) is 138 Å². The van der Waals surface area contributed by atoms with Gasteiger partial charge in [-0.15, -0.1) is 0 Å². The van der Waals surface area contributed by atoms with Crippen LogP contribution in [0.4, 0.5) is 0 Å². The highest BCUT2D eigenvalue weighted by Crippen LogP contribution is 2.45. The summed E-state index contributed by atoms with van der Waals surface area (Å²) < 4.78 is 0. The van der Waals surface area contributed by atoms with Gasteiger partial charge < -0.3 is 0 Å². The van der Waals surface area contributed by atoms with E-state index in [1.54, 1.807) is 0 Å². The number of hydrogen-bond acceptors (Lipinski definition) is 2. The highest BCUT2D eigenvalue weighted by Gasteiger charge is 2.48. The van der Waals surface area contributed by atoms with Crippen molar-refractivity contribution >= 4 is 19.2 Å². The summed E-state index contributed by atoms with van der Waals surface area (Å²) in [6.07, 6.45) is 0. The van der Waals surface area contributed by atoms with E-state index in [1.807, 2.05) is 12.1 Å². The molecule has 2 nitrogen and oxygen atoms in total. The molecule has 185 valence electrons. The Morgan fingerprint density at radius 2 is 0.846 bits per heavy atom. The standard InChI is InChI=1S/C36H27N2Si/c1-39-32-22-10-8-18-28(32)36(29-19-9-11-23-33(29)39,34-24-12-20-30(37-34)26-14-4-2-5-15-26)35-25-13-21-31(38-35)27-16-6-3-7-17-27/h2-25H,1H3. The topological polar surface area (TPSA) is 25.8 Å². The van der Waals surface area contributed by atoms with Crippen LogP contribution in [0.5, 0.6) is 0 Å². The van der Waals surface area contributed by atoms with Crippen molar-refractivity contribution in [3.05, 3.63) is 168 Å². The lowest BCUT2D eigenvalue weighted by atomic mass is 9.68. The van der Waals surface area contributed by atoms with Gasteiger partial charge in [0.15, 0.2) is 0 Å². The molecule has 0 spiro atoms. The molecule has 1 radical (unpaired) electrons. The summed E-state index contributed by atoms with van der Waals surface area (Å²) in [6.45, 7) is 2.41. The minimum absolute atomic E-state index is 0.646. The molecular formula is C36H27N2Si. The fraction of sp³-hybridized carbons (Fsp3) is 0.0556. The Bertz CT molecular complexity index is 1650. The third-order valence-corrected chi connectivity index (χ3v) is 10.4. The van der Waals surface area contributed by atoms with E-state index < -0.39 is 14.2 Å². The molecule has 2 aromatic heterocycles. The Balaban J connectivity index is 1.59. The van der Waals surface area contributed by atoms with Gasteiger partial charge in [0.1, 0.15) is 14.2 Å². The average Bonchev–Trinajstić information content (AvgIpc) is 3.03. The monoisotopic (exact) mass is 515 g/mol. The van der Waals surface area contributed by atoms with Crippen molar-refractivity contribution < 1.29 is 0 Å². The van der Waals surface area contributed by atoms with Gasteiger partial charge >= 0.3 is 0 Å². The number of hydrogen-bond donors (Lipinski definition) is 0. The predicted molar refractivity (Wildman–Crippen MR) is 162 cm³/mol. The number of pyridine rings is 2. The van der Waals surface area contributed by atoms with Crippen molar-refractivity contribution in [1.82, 2.24) is 9.97 Å². The van der Waals surface area contributed by atoms with Crippen LogP contribution in [0.3, 0.4) is 0 Å². The van der Waals surface area contributed by atoms with Crippen molar-refractivity contribution in [2.75, 3.05) is 0 Å². The Kier molecular flexibility index (Phi) is 5.79. The van der Waals surface area contributed by atoms with Crippen LogP contribution in [-0.2, 0) is 5.41 Å². The van der Waals surface area contributed by atoms with Gasteiger partial charge in [-0.05, 0) is 35.4 Å². The van der Waals surface area contributed by atoms with Crippen LogP contribution >= 0.6 is 0 Å². The predicted octanol–water partition coefficient (Wildman–Crippen LogP) is 6.75. The fourth-order valence-electron chi connectivity index (χ4n) is 6.07. The second-order valence-corrected chi connectivity index (χ2v) is 12.3. The summed E-state index contributed by atoms with van der Waals surface area (Å²) in [5, 5.41) is 2.83. The third kappa shape index (κ3) is 3.77. The van der Waals surface area contributed by atoms with Gasteiger partial charge in [-0.2, -0.15) is 0 Å². The maximum atomic E-state index is 5.41. The summed E-state index contributed by atoms with van der Waals surface area (Å²) in [4.78, 5) is 10.8. The minimum atomic E-state index is -0.970. The highest BCUT2D eigenvalue weighted by molar-refractivity contribution is 6.85. The van der Waals surface area contributed by atoms with Crippen molar-refractivity contribution in [2.45, 2.75) is 12.0 Å². The Labute approximate surface area is 231 Å². The van der Waals surface area contributed by atoms with Gasteiger partial charge in [-0.3, -0.25) is 9.97 Å². The van der Waals surface area contributed by atoms with Crippen LogP contribution in [0.2, 0.25) is 6.55 Å². The molecule has 0 saturated carbocycles. The minimum Gasteiger partial charge on any atom is -0.251 e. The molecule has 4 aromatic carbocycles. The first kappa shape index (κ1) is 23.5. The molecule has 3 heteroatoms. The summed E-state index contributed by atoms with van der Waals surface area (Å²) in [5.41, 5.74) is 8.07. The number of benzene rings is 4. The number of rotatable bonds is 4. The molecule has 0 aliphatic carbocycles. The first-order chi connectivity index (χ1) is 19.3. The van der Waals surface area contributed by atoms with Crippen LogP contribution in [0.25, 0.3) is 22.5 Å². The zero-order valence-electron chi connectivity index (χ0n) is 21.8. The van der Waals surface area contributed by atoms with E-state index in [9.17, 15) is 0 Å². The SMILES string of the molecule is C[Si]1c2ccccc2C(c2cccc(-c3ccccc3)n2)(c2cccc(-c3ccccc3)n2)c2ccccc21. The molecule has 3 heterocycles. The summed E-state index contributed by atoms with van der Waals surface area (Å²) in [7, 11) is -0.970. The smallest absolute Gasteiger partial charge is 0.119 e. The lowest BCUT2D eigenvalue weighted by Gasteiger charge is -2.42. The van der Waals surface area contributed by atoms with Crippen LogP contribution in [0.1, 0.15) is 22.5 Å². The Morgan fingerprint density at radius 3 is 1.31 bits per heavy atom. The third-order valence-electron chi connectivity index (χ3n) is 7.88. The van der Waals surface area contributed by atoms with Gasteiger partial charge in [0.25, 0.3) is 0 Å². The first-order valence-electron chi connectivity index (χ1n) is 13.4. The maximum absolute atomic E-state index is 5.41. The summed E-state index contributed by atoms with van der Waals surface area (Å²) >= 11 is 0. The van der Waals surface area contributed by atoms with Crippen LogP contribution < -0.4 is 10.4 Å². The van der Waals surface area contributed by atoms with E-state index >= 15 is 0 Å². The Hall–Kier alpha value is -4.60. The van der Waals surface area contributed by atoms with Gasteiger partial charge in [0.2, 0.25) is 0 Å². The second-order valence-electron chi connectivity index (χ2n) is 10.0. The summed E-state index contributed by atoms with van der Waals surface area (Å²) in [5.74, 6) is 0. The molecule has 0 fully saturated rings. The molecule has 0 saturated heterocycles. The number of nitrogens with zero attached hydrogens (tertiary/aromatic N) is 2. The van der Waals surface area contributed by atoms with Crippen molar-refractivity contribution in [3.63, 3.8) is 0 Å². The highest BCUT2D eigenvalue weighted by atomic mass is 28.3. The molecule has 39 heavy (non-hydrogen) atoms. The average molecular weight is 516 g/mol. The van der Waals surface area contributed by atoms with Crippen LogP contribution in [-0.4, -0.2) is 18.8 Å². The molecule has 1 aliphatic heterocycles. The quantitative estimate of drug-likeness (QED) is 0.243. The molecule has 6 aromatic rings. The first-order valence-corrected chi connectivity index (χ1v) is 15.4. The fourth-order valence-corrected chi connectivity index (χ4v) is 8.41. The van der Waals surface area contributed by atoms with Crippen molar-refractivity contribution in [3.8, 4) is 22.5 Å². The lowest BCUT2D eigenvalue weighted by molar-refractivity contribution is 0.694. The lowest BCUT2D eigenvalue weighted by Crippen LogP contribution is -2.55. The van der Waals surface area contributed by atoms with Crippen molar-refractivity contribution in [2.24, 2.45) is 0 Å². The van der Waals surface area contributed by atoms with E-state index in [1.165, 1.54) is 21.5 Å². The van der Waals surface area contributed by atoms with E-state index in [2.05, 4.69) is 140 Å². The second kappa shape index (κ2) is 9.61. The molecule has 0 unspecified atom stereocenters. The number of fused-ring (bicyclic) bond motifs is 2. The van der Waals surface area contributed by atoms with E-state index in [-0.39, 0.29) is 0 Å². The summed E-state index contributed by atoms with van der Waals surface area (Å²) in [6, 6.07) is 51.7.